The van der Waals surface area contributed by atoms with Gasteiger partial charge in [-0.25, -0.2) is 18.1 Å². The quantitative estimate of drug-likeness (QED) is 0.799. The third-order valence-corrected chi connectivity index (χ3v) is 7.26. The highest BCUT2D eigenvalue weighted by molar-refractivity contribution is 7.90. The Hall–Kier alpha value is -1.29. The van der Waals surface area contributed by atoms with Crippen LogP contribution < -0.4 is 4.72 Å². The molecular formula is C15H21N5O2S2. The second-order valence-corrected chi connectivity index (χ2v) is 9.47. The number of rotatable bonds is 7. The maximum atomic E-state index is 12.0. The van der Waals surface area contributed by atoms with Crippen molar-refractivity contribution in [2.45, 2.75) is 43.6 Å². The van der Waals surface area contributed by atoms with Gasteiger partial charge in [-0.05, 0) is 25.3 Å². The van der Waals surface area contributed by atoms with Crippen LogP contribution >= 0.6 is 11.3 Å². The zero-order chi connectivity index (χ0) is 16.6. The summed E-state index contributed by atoms with van der Waals surface area (Å²) in [7, 11) is -3.11. The van der Waals surface area contributed by atoms with Crippen molar-refractivity contribution in [2.75, 3.05) is 13.1 Å². The van der Waals surface area contributed by atoms with Crippen LogP contribution in [0.15, 0.2) is 23.8 Å². The summed E-state index contributed by atoms with van der Waals surface area (Å²) in [4.78, 5) is 6.72. The maximum absolute atomic E-state index is 12.0. The number of thiazole rings is 1. The highest BCUT2D eigenvalue weighted by Gasteiger charge is 2.35. The number of aromatic nitrogens is 3. The van der Waals surface area contributed by atoms with Gasteiger partial charge >= 0.3 is 0 Å². The first-order valence-electron chi connectivity index (χ1n) is 8.23. The van der Waals surface area contributed by atoms with E-state index in [1.807, 2.05) is 28.5 Å². The van der Waals surface area contributed by atoms with Gasteiger partial charge in [0.25, 0.3) is 0 Å². The third kappa shape index (κ3) is 3.53. The lowest BCUT2D eigenvalue weighted by Gasteiger charge is -2.33. The van der Waals surface area contributed by atoms with Crippen LogP contribution in [0.2, 0.25) is 0 Å². The molecule has 24 heavy (non-hydrogen) atoms. The summed E-state index contributed by atoms with van der Waals surface area (Å²) in [6.07, 6.45) is 5.99. The largest absolute Gasteiger partial charge is 0.289 e. The molecule has 1 N–H and O–H groups in total. The molecule has 7 nitrogen and oxygen atoms in total. The van der Waals surface area contributed by atoms with Crippen LogP contribution in [-0.4, -0.2) is 46.4 Å². The van der Waals surface area contributed by atoms with Crippen molar-refractivity contribution in [3.63, 3.8) is 0 Å². The average molecular weight is 368 g/mol. The summed E-state index contributed by atoms with van der Waals surface area (Å²) >= 11 is 1.67. The number of hydrogen-bond acceptors (Lipinski definition) is 6. The van der Waals surface area contributed by atoms with Gasteiger partial charge in [0.05, 0.1) is 23.5 Å². The Labute approximate surface area is 145 Å². The van der Waals surface area contributed by atoms with Crippen molar-refractivity contribution in [1.82, 2.24) is 24.4 Å². The minimum atomic E-state index is -3.11. The van der Waals surface area contributed by atoms with Gasteiger partial charge in [0.15, 0.2) is 0 Å². The van der Waals surface area contributed by atoms with E-state index in [9.17, 15) is 8.42 Å². The number of hydrogen-bond donors (Lipinski definition) is 1. The summed E-state index contributed by atoms with van der Waals surface area (Å²) in [5.74, 6) is 0. The second-order valence-electron chi connectivity index (χ2n) is 6.44. The topological polar surface area (TPSA) is 80.1 Å². The first-order valence-corrected chi connectivity index (χ1v) is 10.7. The molecule has 1 fully saturated rings. The Morgan fingerprint density at radius 1 is 1.33 bits per heavy atom. The first kappa shape index (κ1) is 16.2. The van der Waals surface area contributed by atoms with Crippen molar-refractivity contribution >= 4 is 21.4 Å². The SMILES string of the molecule is O=S(=O)(NCC[C@H]1CN(Cc2nccs2)Cc2ccnn21)C1CC1. The molecule has 3 heterocycles. The molecule has 1 aliphatic heterocycles. The molecule has 2 aromatic rings. The summed E-state index contributed by atoms with van der Waals surface area (Å²) in [5.41, 5.74) is 1.17. The molecule has 4 rings (SSSR count). The predicted molar refractivity (Wildman–Crippen MR) is 92.1 cm³/mol. The van der Waals surface area contributed by atoms with Gasteiger partial charge in [-0.3, -0.25) is 9.58 Å². The lowest BCUT2D eigenvalue weighted by Crippen LogP contribution is -2.39. The fraction of sp³-hybridized carbons (Fsp3) is 0.600. The third-order valence-electron chi connectivity index (χ3n) is 4.54. The highest BCUT2D eigenvalue weighted by Crippen LogP contribution is 2.28. The number of nitrogens with zero attached hydrogens (tertiary/aromatic N) is 4. The van der Waals surface area contributed by atoms with Crippen LogP contribution in [-0.2, 0) is 23.1 Å². The molecule has 0 amide bonds. The molecule has 9 heteroatoms. The predicted octanol–water partition coefficient (Wildman–Crippen LogP) is 1.37. The molecule has 0 saturated heterocycles. The van der Waals surface area contributed by atoms with Crippen LogP contribution in [0, 0.1) is 0 Å². The number of nitrogens with one attached hydrogen (secondary N) is 1. The minimum Gasteiger partial charge on any atom is -0.289 e. The Balaban J connectivity index is 1.39. The molecule has 0 aromatic carbocycles. The molecule has 2 aromatic heterocycles. The standard InChI is InChI=1S/C15H21N5O2S2/c21-24(22,14-1-2-14)18-6-4-13-10-19(11-15-16-7-8-23-15)9-12-3-5-17-20(12)13/h3,5,7-8,13-14,18H,1-2,4,6,9-11H2/t13-/m0/s1. The molecule has 2 aliphatic rings. The Bertz CT molecular complexity index is 783. The fourth-order valence-electron chi connectivity index (χ4n) is 3.19. The molecule has 0 radical (unpaired) electrons. The van der Waals surface area contributed by atoms with Gasteiger partial charge in [0.2, 0.25) is 10.0 Å². The van der Waals surface area contributed by atoms with Crippen LogP contribution in [0.3, 0.4) is 0 Å². The van der Waals surface area contributed by atoms with Gasteiger partial charge in [0.1, 0.15) is 5.01 Å². The lowest BCUT2D eigenvalue weighted by molar-refractivity contribution is 0.162. The van der Waals surface area contributed by atoms with Crippen molar-refractivity contribution in [1.29, 1.82) is 0 Å². The second kappa shape index (κ2) is 6.55. The van der Waals surface area contributed by atoms with E-state index >= 15 is 0 Å². The van der Waals surface area contributed by atoms with Gasteiger partial charge < -0.3 is 0 Å². The Kier molecular flexibility index (Phi) is 4.42. The van der Waals surface area contributed by atoms with E-state index in [4.69, 9.17) is 0 Å². The monoisotopic (exact) mass is 367 g/mol. The fourth-order valence-corrected chi connectivity index (χ4v) is 5.24. The van der Waals surface area contributed by atoms with Gasteiger partial charge in [0, 0.05) is 37.4 Å². The molecule has 0 bridgehead atoms. The first-order chi connectivity index (χ1) is 11.6. The van der Waals surface area contributed by atoms with Gasteiger partial charge in [-0.1, -0.05) is 0 Å². The van der Waals surface area contributed by atoms with E-state index in [1.54, 1.807) is 11.3 Å². The van der Waals surface area contributed by atoms with E-state index < -0.39 is 10.0 Å². The summed E-state index contributed by atoms with van der Waals surface area (Å²) in [6.45, 7) is 3.00. The van der Waals surface area contributed by atoms with Crippen molar-refractivity contribution in [3.8, 4) is 0 Å². The molecule has 1 saturated carbocycles. The van der Waals surface area contributed by atoms with Gasteiger partial charge in [-0.15, -0.1) is 11.3 Å². The van der Waals surface area contributed by atoms with Crippen molar-refractivity contribution < 1.29 is 8.42 Å². The van der Waals surface area contributed by atoms with E-state index in [0.29, 0.717) is 6.54 Å². The van der Waals surface area contributed by atoms with Crippen LogP contribution in [0.25, 0.3) is 0 Å². The summed E-state index contributed by atoms with van der Waals surface area (Å²) < 4.78 is 28.7. The van der Waals surface area contributed by atoms with Crippen LogP contribution in [0.1, 0.15) is 36.0 Å². The summed E-state index contributed by atoms with van der Waals surface area (Å²) in [6, 6.07) is 2.22. The van der Waals surface area contributed by atoms with Crippen molar-refractivity contribution in [2.24, 2.45) is 0 Å². The van der Waals surface area contributed by atoms with Crippen LogP contribution in [0.4, 0.5) is 0 Å². The maximum Gasteiger partial charge on any atom is 0.214 e. The minimum absolute atomic E-state index is 0.162. The van der Waals surface area contributed by atoms with E-state index in [0.717, 1.165) is 43.9 Å². The van der Waals surface area contributed by atoms with Crippen LogP contribution in [0.5, 0.6) is 0 Å². The van der Waals surface area contributed by atoms with E-state index in [1.165, 1.54) is 5.69 Å². The molecule has 1 atom stereocenters. The average Bonchev–Trinajstić information content (AvgIpc) is 3.11. The van der Waals surface area contributed by atoms with Crippen molar-refractivity contribution in [3.05, 3.63) is 34.5 Å². The van der Waals surface area contributed by atoms with Gasteiger partial charge in [-0.2, -0.15) is 5.10 Å². The smallest absolute Gasteiger partial charge is 0.214 e. The highest BCUT2D eigenvalue weighted by atomic mass is 32.2. The Morgan fingerprint density at radius 2 is 2.21 bits per heavy atom. The summed E-state index contributed by atoms with van der Waals surface area (Å²) in [5, 5.41) is 7.37. The zero-order valence-electron chi connectivity index (χ0n) is 13.3. The van der Waals surface area contributed by atoms with E-state index in [2.05, 4.69) is 19.7 Å². The van der Waals surface area contributed by atoms with E-state index in [-0.39, 0.29) is 11.3 Å². The molecule has 130 valence electrons. The molecule has 0 unspecified atom stereocenters. The molecule has 1 aliphatic carbocycles. The zero-order valence-corrected chi connectivity index (χ0v) is 15.0. The number of fused-ring (bicyclic) bond motifs is 1. The molecular weight excluding hydrogens is 346 g/mol. The lowest BCUT2D eigenvalue weighted by atomic mass is 10.1. The number of sulfonamides is 1. The molecule has 0 spiro atoms. The Morgan fingerprint density at radius 3 is 2.96 bits per heavy atom. The normalized spacial score (nSPS) is 21.8.